The molecule has 1 aromatic carbocycles. The number of H-pyrrole nitrogens is 1. The van der Waals surface area contributed by atoms with Gasteiger partial charge in [0.2, 0.25) is 5.95 Å². The van der Waals surface area contributed by atoms with Crippen LogP contribution < -0.4 is 10.9 Å². The molecule has 0 unspecified atom stereocenters. The molecule has 0 radical (unpaired) electrons. The van der Waals surface area contributed by atoms with Gasteiger partial charge in [0.15, 0.2) is 0 Å². The third-order valence-corrected chi connectivity index (χ3v) is 4.33. The van der Waals surface area contributed by atoms with Crippen molar-refractivity contribution in [1.82, 2.24) is 9.97 Å². The zero-order valence-electron chi connectivity index (χ0n) is 12.2. The average Bonchev–Trinajstić information content (AvgIpc) is 2.40. The van der Waals surface area contributed by atoms with E-state index >= 15 is 0 Å². The Labute approximate surface area is 133 Å². The van der Waals surface area contributed by atoms with Crippen molar-refractivity contribution in [1.29, 1.82) is 0 Å². The number of nitrogens with one attached hydrogen (secondary N) is 2. The van der Waals surface area contributed by atoms with E-state index in [1.807, 2.05) is 25.1 Å². The number of halogens is 1. The van der Waals surface area contributed by atoms with E-state index in [4.69, 9.17) is 11.6 Å². The molecule has 0 aliphatic rings. The van der Waals surface area contributed by atoms with Crippen molar-refractivity contribution in [3.05, 3.63) is 50.9 Å². The molecule has 0 fully saturated rings. The molecule has 0 saturated heterocycles. The lowest BCUT2D eigenvalue weighted by Crippen LogP contribution is -2.12. The first-order valence-corrected chi connectivity index (χ1v) is 8.12. The summed E-state index contributed by atoms with van der Waals surface area (Å²) < 4.78 is 0. The van der Waals surface area contributed by atoms with E-state index in [-0.39, 0.29) is 5.56 Å². The topological polar surface area (TPSA) is 57.8 Å². The lowest BCUT2D eigenvalue weighted by molar-refractivity contribution is 1.05. The second-order valence-electron chi connectivity index (χ2n) is 5.03. The van der Waals surface area contributed by atoms with Crippen LogP contribution in [0.25, 0.3) is 0 Å². The van der Waals surface area contributed by atoms with E-state index in [0.29, 0.717) is 22.0 Å². The Morgan fingerprint density at radius 1 is 1.38 bits per heavy atom. The monoisotopic (exact) mass is 323 g/mol. The minimum Gasteiger partial charge on any atom is -0.326 e. The molecular weight excluding hydrogens is 306 g/mol. The molecule has 0 bridgehead atoms. The quantitative estimate of drug-likeness (QED) is 0.869. The highest BCUT2D eigenvalue weighted by atomic mass is 35.5. The molecule has 0 amide bonds. The van der Waals surface area contributed by atoms with Crippen LogP contribution in [0.15, 0.2) is 29.1 Å². The molecular formula is C15H18ClN3OS. The minimum atomic E-state index is -0.162. The van der Waals surface area contributed by atoms with E-state index in [1.54, 1.807) is 11.8 Å². The maximum atomic E-state index is 11.7. The zero-order chi connectivity index (χ0) is 15.4. The van der Waals surface area contributed by atoms with Crippen molar-refractivity contribution < 1.29 is 0 Å². The summed E-state index contributed by atoms with van der Waals surface area (Å²) in [6.45, 7) is 6.17. The molecule has 21 heavy (non-hydrogen) atoms. The van der Waals surface area contributed by atoms with E-state index < -0.39 is 0 Å². The van der Waals surface area contributed by atoms with Gasteiger partial charge in [0, 0.05) is 22.5 Å². The van der Waals surface area contributed by atoms with E-state index in [0.717, 1.165) is 16.9 Å². The fraction of sp³-hybridized carbons (Fsp3) is 0.333. The average molecular weight is 324 g/mol. The first-order chi connectivity index (χ1) is 9.94. The number of rotatable bonds is 5. The zero-order valence-corrected chi connectivity index (χ0v) is 13.8. The van der Waals surface area contributed by atoms with Gasteiger partial charge in [0.25, 0.3) is 5.56 Å². The van der Waals surface area contributed by atoms with Gasteiger partial charge in [0.1, 0.15) is 0 Å². The van der Waals surface area contributed by atoms with Crippen molar-refractivity contribution in [3.63, 3.8) is 0 Å². The Bertz CT molecular complexity index is 685. The summed E-state index contributed by atoms with van der Waals surface area (Å²) in [6, 6.07) is 7.16. The lowest BCUT2D eigenvalue weighted by Gasteiger charge is -2.09. The molecule has 6 heteroatoms. The number of hydrogen-bond acceptors (Lipinski definition) is 4. The third kappa shape index (κ3) is 4.79. The summed E-state index contributed by atoms with van der Waals surface area (Å²) in [5.41, 5.74) is 2.40. The summed E-state index contributed by atoms with van der Waals surface area (Å²) in [5, 5.41) is 4.25. The van der Waals surface area contributed by atoms with Gasteiger partial charge >= 0.3 is 0 Å². The highest BCUT2D eigenvalue weighted by Crippen LogP contribution is 2.22. The van der Waals surface area contributed by atoms with Gasteiger partial charge in [-0.1, -0.05) is 31.5 Å². The van der Waals surface area contributed by atoms with Crippen LogP contribution in [0.5, 0.6) is 0 Å². The molecule has 2 aromatic rings. The number of nitrogens with zero attached hydrogens (tertiary/aromatic N) is 1. The van der Waals surface area contributed by atoms with Gasteiger partial charge in [-0.15, -0.1) is 0 Å². The van der Waals surface area contributed by atoms with Gasteiger partial charge in [-0.05, 0) is 29.9 Å². The summed E-state index contributed by atoms with van der Waals surface area (Å²) in [7, 11) is 0. The highest BCUT2D eigenvalue weighted by Gasteiger charge is 2.05. The number of anilines is 2. The number of benzene rings is 1. The summed E-state index contributed by atoms with van der Waals surface area (Å²) >= 11 is 7.84. The van der Waals surface area contributed by atoms with E-state index in [1.165, 1.54) is 6.07 Å². The Morgan fingerprint density at radius 2 is 2.14 bits per heavy atom. The molecule has 2 rings (SSSR count). The maximum Gasteiger partial charge on any atom is 0.252 e. The maximum absolute atomic E-state index is 11.7. The Morgan fingerprint density at radius 3 is 2.81 bits per heavy atom. The Balaban J connectivity index is 2.19. The Kier molecular flexibility index (Phi) is 5.31. The van der Waals surface area contributed by atoms with Crippen LogP contribution in [0, 0.1) is 6.92 Å². The van der Waals surface area contributed by atoms with E-state index in [9.17, 15) is 4.79 Å². The normalized spacial score (nSPS) is 10.9. The van der Waals surface area contributed by atoms with Gasteiger partial charge in [-0.3, -0.25) is 9.78 Å². The molecule has 0 saturated carbocycles. The first kappa shape index (κ1) is 15.9. The molecule has 112 valence electrons. The largest absolute Gasteiger partial charge is 0.326 e. The van der Waals surface area contributed by atoms with Crippen LogP contribution >= 0.6 is 23.4 Å². The van der Waals surface area contributed by atoms with Crippen LogP contribution in [0.3, 0.4) is 0 Å². The van der Waals surface area contributed by atoms with Crippen molar-refractivity contribution in [2.75, 3.05) is 5.32 Å². The van der Waals surface area contributed by atoms with Crippen LogP contribution in [-0.2, 0) is 5.75 Å². The SMILES string of the molecule is Cc1ccc(Nc2nc(CSC(C)C)cc(=O)[nH]2)cc1Cl. The Hall–Kier alpha value is -1.46. The van der Waals surface area contributed by atoms with Crippen LogP contribution in [0.4, 0.5) is 11.6 Å². The van der Waals surface area contributed by atoms with E-state index in [2.05, 4.69) is 29.1 Å². The molecule has 1 aromatic heterocycles. The molecule has 0 spiro atoms. The fourth-order valence-corrected chi connectivity index (χ4v) is 2.53. The van der Waals surface area contributed by atoms with Crippen molar-refractivity contribution in [2.24, 2.45) is 0 Å². The minimum absolute atomic E-state index is 0.162. The highest BCUT2D eigenvalue weighted by molar-refractivity contribution is 7.99. The van der Waals surface area contributed by atoms with Crippen molar-refractivity contribution in [3.8, 4) is 0 Å². The van der Waals surface area contributed by atoms with Gasteiger partial charge < -0.3 is 5.32 Å². The third-order valence-electron chi connectivity index (χ3n) is 2.79. The predicted octanol–water partition coefficient (Wildman–Crippen LogP) is 4.12. The van der Waals surface area contributed by atoms with Gasteiger partial charge in [-0.2, -0.15) is 11.8 Å². The first-order valence-electron chi connectivity index (χ1n) is 6.69. The molecule has 4 nitrogen and oxygen atoms in total. The number of hydrogen-bond donors (Lipinski definition) is 2. The van der Waals surface area contributed by atoms with Crippen LogP contribution in [-0.4, -0.2) is 15.2 Å². The van der Waals surface area contributed by atoms with Gasteiger partial charge in [-0.25, -0.2) is 4.98 Å². The second-order valence-corrected chi connectivity index (χ2v) is 7.01. The van der Waals surface area contributed by atoms with Crippen molar-refractivity contribution >= 4 is 35.0 Å². The second kappa shape index (κ2) is 7.00. The number of aromatic amines is 1. The summed E-state index contributed by atoms with van der Waals surface area (Å²) in [6.07, 6.45) is 0. The van der Waals surface area contributed by atoms with Crippen LogP contribution in [0.1, 0.15) is 25.1 Å². The number of thioether (sulfide) groups is 1. The summed E-state index contributed by atoms with van der Waals surface area (Å²) in [5.74, 6) is 1.15. The van der Waals surface area contributed by atoms with Crippen molar-refractivity contribution in [2.45, 2.75) is 31.8 Å². The predicted molar refractivity (Wildman–Crippen MR) is 90.8 cm³/mol. The summed E-state index contributed by atoms with van der Waals surface area (Å²) in [4.78, 5) is 18.8. The lowest BCUT2D eigenvalue weighted by atomic mass is 10.2. The smallest absolute Gasteiger partial charge is 0.252 e. The molecule has 1 heterocycles. The van der Waals surface area contributed by atoms with Gasteiger partial charge in [0.05, 0.1) is 5.69 Å². The number of aromatic nitrogens is 2. The van der Waals surface area contributed by atoms with Crippen LogP contribution in [0.2, 0.25) is 5.02 Å². The number of aryl methyl sites for hydroxylation is 1. The molecule has 0 aliphatic heterocycles. The fourth-order valence-electron chi connectivity index (χ4n) is 1.70. The molecule has 0 aliphatic carbocycles. The standard InChI is InChI=1S/C15H18ClN3OS/c1-9(2)21-8-12-7-14(20)19-15(18-12)17-11-5-4-10(3)13(16)6-11/h4-7,9H,8H2,1-3H3,(H2,17,18,19,20). The molecule has 0 atom stereocenters. The molecule has 2 N–H and O–H groups in total.